The van der Waals surface area contributed by atoms with Gasteiger partial charge >= 0.3 is 0 Å². The van der Waals surface area contributed by atoms with E-state index in [4.69, 9.17) is 21.6 Å². The van der Waals surface area contributed by atoms with E-state index in [1.807, 2.05) is 35.4 Å². The summed E-state index contributed by atoms with van der Waals surface area (Å²) in [4.78, 5) is 26.7. The van der Waals surface area contributed by atoms with E-state index < -0.39 is 0 Å². The van der Waals surface area contributed by atoms with E-state index >= 15 is 0 Å². The zero-order valence-electron chi connectivity index (χ0n) is 17.8. The van der Waals surface area contributed by atoms with E-state index in [9.17, 15) is 4.79 Å². The molecule has 5 rings (SSSR count). The Hall–Kier alpha value is -2.67. The predicted octanol–water partition coefficient (Wildman–Crippen LogP) is 3.87. The number of para-hydroxylation sites is 1. The van der Waals surface area contributed by atoms with E-state index in [0.717, 1.165) is 73.8 Å². The smallest absolute Gasteiger partial charge is 0.225 e. The fraction of sp³-hybridized carbons (Fsp3) is 0.478. The molecule has 7 nitrogen and oxygen atoms in total. The second-order valence-corrected chi connectivity index (χ2v) is 8.76. The molecule has 1 aliphatic carbocycles. The number of amides is 1. The van der Waals surface area contributed by atoms with Crippen molar-refractivity contribution >= 4 is 34.4 Å². The maximum atomic E-state index is 12.8. The van der Waals surface area contributed by atoms with Gasteiger partial charge in [0.25, 0.3) is 0 Å². The molecular formula is C23H27ClN6O. The number of rotatable bonds is 4. The number of anilines is 1. The van der Waals surface area contributed by atoms with E-state index in [2.05, 4.69) is 16.9 Å². The number of fused-ring (bicyclic) bond motifs is 1. The molecule has 0 N–H and O–H groups in total. The van der Waals surface area contributed by atoms with Crippen LogP contribution in [-0.4, -0.2) is 56.7 Å². The molecule has 2 aromatic heterocycles. The van der Waals surface area contributed by atoms with E-state index in [1.54, 1.807) is 4.68 Å². The first-order valence-electron chi connectivity index (χ1n) is 11.2. The summed E-state index contributed by atoms with van der Waals surface area (Å²) in [6.07, 6.45) is 7.02. The molecule has 0 spiro atoms. The number of carbonyl (C=O) groups excluding carboxylic acids is 1. The minimum absolute atomic E-state index is 0.234. The van der Waals surface area contributed by atoms with Crippen molar-refractivity contribution in [2.24, 2.45) is 5.92 Å². The van der Waals surface area contributed by atoms with Crippen LogP contribution in [0.15, 0.2) is 30.5 Å². The minimum Gasteiger partial charge on any atom is -0.352 e. The predicted molar refractivity (Wildman–Crippen MR) is 122 cm³/mol. The van der Waals surface area contributed by atoms with Gasteiger partial charge in [0.05, 0.1) is 22.3 Å². The third kappa shape index (κ3) is 3.76. The van der Waals surface area contributed by atoms with Gasteiger partial charge in [-0.1, -0.05) is 43.5 Å². The Morgan fingerprint density at radius 1 is 1.10 bits per heavy atom. The lowest BCUT2D eigenvalue weighted by molar-refractivity contribution is -0.135. The first-order chi connectivity index (χ1) is 15.2. The summed E-state index contributed by atoms with van der Waals surface area (Å²) >= 11 is 6.43. The monoisotopic (exact) mass is 438 g/mol. The standard InChI is InChI=1S/C23H27ClN6O/c1-2-20-26-21(28-11-13-29(14-12-28)23(31)16-7-3-4-8-16)17-15-25-30(22(17)27-20)19-10-6-5-9-18(19)24/h5-6,9-10,15-16H,2-4,7-8,11-14H2,1H3. The topological polar surface area (TPSA) is 67.2 Å². The second kappa shape index (κ2) is 8.46. The molecule has 2 aliphatic rings. The second-order valence-electron chi connectivity index (χ2n) is 8.36. The quantitative estimate of drug-likeness (QED) is 0.618. The molecule has 162 valence electrons. The Kier molecular flexibility index (Phi) is 5.52. The van der Waals surface area contributed by atoms with Gasteiger partial charge in [-0.25, -0.2) is 14.6 Å². The minimum atomic E-state index is 0.234. The van der Waals surface area contributed by atoms with Crippen molar-refractivity contribution in [3.05, 3.63) is 41.3 Å². The fourth-order valence-electron chi connectivity index (χ4n) is 4.71. The summed E-state index contributed by atoms with van der Waals surface area (Å²) in [7, 11) is 0. The summed E-state index contributed by atoms with van der Waals surface area (Å²) < 4.78 is 1.79. The molecular weight excluding hydrogens is 412 g/mol. The van der Waals surface area contributed by atoms with Crippen LogP contribution >= 0.6 is 11.6 Å². The van der Waals surface area contributed by atoms with Gasteiger partial charge in [-0.3, -0.25) is 4.79 Å². The zero-order valence-corrected chi connectivity index (χ0v) is 18.6. The van der Waals surface area contributed by atoms with Gasteiger partial charge in [0, 0.05) is 38.5 Å². The van der Waals surface area contributed by atoms with Crippen LogP contribution in [0.5, 0.6) is 0 Å². The third-order valence-corrected chi connectivity index (χ3v) is 6.77. The van der Waals surface area contributed by atoms with Gasteiger partial charge in [-0.15, -0.1) is 0 Å². The molecule has 0 unspecified atom stereocenters. The molecule has 2 fully saturated rings. The molecule has 31 heavy (non-hydrogen) atoms. The lowest BCUT2D eigenvalue weighted by Crippen LogP contribution is -2.50. The molecule has 0 atom stereocenters. The number of piperazine rings is 1. The maximum absolute atomic E-state index is 12.8. The van der Waals surface area contributed by atoms with Crippen LogP contribution < -0.4 is 4.90 Å². The average Bonchev–Trinajstić information content (AvgIpc) is 3.49. The van der Waals surface area contributed by atoms with Crippen molar-refractivity contribution in [3.63, 3.8) is 0 Å². The summed E-state index contributed by atoms with van der Waals surface area (Å²) in [5.74, 6) is 2.25. The van der Waals surface area contributed by atoms with Gasteiger partial charge in [-0.05, 0) is 25.0 Å². The summed E-state index contributed by atoms with van der Waals surface area (Å²) in [6, 6.07) is 7.64. The lowest BCUT2D eigenvalue weighted by Gasteiger charge is -2.36. The number of halogens is 1. The summed E-state index contributed by atoms with van der Waals surface area (Å²) in [6.45, 7) is 5.07. The number of carbonyl (C=O) groups is 1. The van der Waals surface area contributed by atoms with Crippen LogP contribution in [-0.2, 0) is 11.2 Å². The first-order valence-corrected chi connectivity index (χ1v) is 11.6. The highest BCUT2D eigenvalue weighted by Gasteiger charge is 2.30. The van der Waals surface area contributed by atoms with Gasteiger partial charge in [0.1, 0.15) is 11.6 Å². The van der Waals surface area contributed by atoms with Gasteiger partial charge in [0.2, 0.25) is 5.91 Å². The van der Waals surface area contributed by atoms with Crippen LogP contribution in [0.2, 0.25) is 5.02 Å². The molecule has 1 saturated heterocycles. The van der Waals surface area contributed by atoms with Gasteiger partial charge in [0.15, 0.2) is 5.65 Å². The third-order valence-electron chi connectivity index (χ3n) is 6.45. The first kappa shape index (κ1) is 20.2. The van der Waals surface area contributed by atoms with Crippen molar-refractivity contribution in [1.29, 1.82) is 0 Å². The van der Waals surface area contributed by atoms with Crippen LogP contribution in [0.25, 0.3) is 16.7 Å². The molecule has 1 aromatic carbocycles. The molecule has 0 radical (unpaired) electrons. The van der Waals surface area contributed by atoms with Gasteiger partial charge < -0.3 is 9.80 Å². The van der Waals surface area contributed by atoms with Crippen LogP contribution in [0.3, 0.4) is 0 Å². The van der Waals surface area contributed by atoms with Gasteiger partial charge in [-0.2, -0.15) is 5.10 Å². The van der Waals surface area contributed by atoms with E-state index in [0.29, 0.717) is 10.9 Å². The van der Waals surface area contributed by atoms with Crippen molar-refractivity contribution in [2.75, 3.05) is 31.1 Å². The zero-order chi connectivity index (χ0) is 21.4. The summed E-state index contributed by atoms with van der Waals surface area (Å²) in [5.41, 5.74) is 1.57. The van der Waals surface area contributed by atoms with Crippen molar-refractivity contribution < 1.29 is 4.79 Å². The maximum Gasteiger partial charge on any atom is 0.225 e. The Labute approximate surface area is 187 Å². The number of hydrogen-bond donors (Lipinski definition) is 0. The lowest BCUT2D eigenvalue weighted by atomic mass is 10.1. The molecule has 3 aromatic rings. The van der Waals surface area contributed by atoms with Crippen molar-refractivity contribution in [2.45, 2.75) is 39.0 Å². The van der Waals surface area contributed by atoms with E-state index in [1.165, 1.54) is 12.8 Å². The number of benzene rings is 1. The molecule has 1 aliphatic heterocycles. The number of aryl methyl sites for hydroxylation is 1. The summed E-state index contributed by atoms with van der Waals surface area (Å²) in [5, 5.41) is 6.13. The number of aromatic nitrogens is 4. The highest BCUT2D eigenvalue weighted by atomic mass is 35.5. The SMILES string of the molecule is CCc1nc(N2CCN(C(=O)C3CCCC3)CC2)c2cnn(-c3ccccc3Cl)c2n1. The van der Waals surface area contributed by atoms with Crippen LogP contribution in [0, 0.1) is 5.92 Å². The highest BCUT2D eigenvalue weighted by molar-refractivity contribution is 6.32. The normalized spacial score (nSPS) is 17.6. The molecule has 1 saturated carbocycles. The Morgan fingerprint density at radius 3 is 2.55 bits per heavy atom. The Bertz CT molecular complexity index is 1100. The highest BCUT2D eigenvalue weighted by Crippen LogP contribution is 2.30. The van der Waals surface area contributed by atoms with Crippen LogP contribution in [0.4, 0.5) is 5.82 Å². The van der Waals surface area contributed by atoms with Crippen molar-refractivity contribution in [3.8, 4) is 5.69 Å². The van der Waals surface area contributed by atoms with Crippen LogP contribution in [0.1, 0.15) is 38.4 Å². The Morgan fingerprint density at radius 2 is 1.84 bits per heavy atom. The fourth-order valence-corrected chi connectivity index (χ4v) is 4.92. The molecule has 1 amide bonds. The number of hydrogen-bond acceptors (Lipinski definition) is 5. The Balaban J connectivity index is 1.44. The largest absolute Gasteiger partial charge is 0.352 e. The average molecular weight is 439 g/mol. The molecule has 0 bridgehead atoms. The van der Waals surface area contributed by atoms with Crippen molar-refractivity contribution in [1.82, 2.24) is 24.6 Å². The number of nitrogens with zero attached hydrogens (tertiary/aromatic N) is 6. The van der Waals surface area contributed by atoms with E-state index in [-0.39, 0.29) is 5.92 Å². The molecule has 8 heteroatoms. The molecule has 3 heterocycles.